The van der Waals surface area contributed by atoms with Gasteiger partial charge in [-0.15, -0.1) is 0 Å². The van der Waals surface area contributed by atoms with Crippen molar-refractivity contribution >= 4 is 32.6 Å². The van der Waals surface area contributed by atoms with Crippen molar-refractivity contribution in [1.29, 1.82) is 0 Å². The first-order valence-corrected chi connectivity index (χ1v) is 11.2. The van der Waals surface area contributed by atoms with Gasteiger partial charge < -0.3 is 14.2 Å². The summed E-state index contributed by atoms with van der Waals surface area (Å²) in [6.45, 7) is 4.07. The predicted octanol–water partition coefficient (Wildman–Crippen LogP) is 4.30. The maximum absolute atomic E-state index is 12.5. The van der Waals surface area contributed by atoms with Crippen LogP contribution in [0.25, 0.3) is 11.0 Å². The van der Waals surface area contributed by atoms with Crippen molar-refractivity contribution in [3.8, 4) is 0 Å². The lowest BCUT2D eigenvalue weighted by atomic mass is 10.0. The molecule has 0 spiro atoms. The second kappa shape index (κ2) is 8.41. The Morgan fingerprint density at radius 2 is 1.77 bits per heavy atom. The summed E-state index contributed by atoms with van der Waals surface area (Å²) in [5, 5.41) is 3.71. The standard InChI is InChI=1S/C23H22N2O5S/c1-15-5-10-21-17(14-30-23(21)16(15)2)12-22(26)25-18-6-8-20(9-7-18)31(27,28)24-13-19-4-3-11-29-19/h3-11,14,24H,12-13H2,1-2H3,(H,25,26). The summed E-state index contributed by atoms with van der Waals surface area (Å²) in [6, 6.07) is 13.3. The van der Waals surface area contributed by atoms with Crippen LogP contribution in [0, 0.1) is 13.8 Å². The van der Waals surface area contributed by atoms with Crippen molar-refractivity contribution in [2.75, 3.05) is 5.32 Å². The van der Waals surface area contributed by atoms with E-state index in [4.69, 9.17) is 8.83 Å². The van der Waals surface area contributed by atoms with Crippen molar-refractivity contribution < 1.29 is 22.0 Å². The zero-order chi connectivity index (χ0) is 22.0. The minimum absolute atomic E-state index is 0.0610. The molecular formula is C23H22N2O5S. The van der Waals surface area contributed by atoms with Gasteiger partial charge in [-0.2, -0.15) is 0 Å². The SMILES string of the molecule is Cc1ccc2c(CC(=O)Nc3ccc(S(=O)(=O)NCc4ccco4)cc3)coc2c1C. The zero-order valence-corrected chi connectivity index (χ0v) is 18.0. The summed E-state index contributed by atoms with van der Waals surface area (Å²) in [6.07, 6.45) is 3.24. The van der Waals surface area contributed by atoms with E-state index in [-0.39, 0.29) is 23.8 Å². The molecule has 0 aliphatic heterocycles. The second-order valence-electron chi connectivity index (χ2n) is 7.30. The smallest absolute Gasteiger partial charge is 0.240 e. The quantitative estimate of drug-likeness (QED) is 0.448. The molecule has 1 amide bonds. The third-order valence-corrected chi connectivity index (χ3v) is 6.57. The van der Waals surface area contributed by atoms with Crippen molar-refractivity contribution in [1.82, 2.24) is 4.72 Å². The fraction of sp³-hybridized carbons (Fsp3) is 0.174. The number of benzene rings is 2. The summed E-state index contributed by atoms with van der Waals surface area (Å²) in [5.41, 5.74) is 4.29. The van der Waals surface area contributed by atoms with E-state index < -0.39 is 10.0 Å². The van der Waals surface area contributed by atoms with Gasteiger partial charge in [-0.05, 0) is 61.4 Å². The van der Waals surface area contributed by atoms with Crippen LogP contribution in [0.3, 0.4) is 0 Å². The number of furan rings is 2. The molecule has 4 rings (SSSR count). The second-order valence-corrected chi connectivity index (χ2v) is 9.07. The van der Waals surface area contributed by atoms with Gasteiger partial charge in [0.2, 0.25) is 15.9 Å². The molecule has 2 N–H and O–H groups in total. The maximum Gasteiger partial charge on any atom is 0.240 e. The van der Waals surface area contributed by atoms with E-state index in [2.05, 4.69) is 10.0 Å². The number of anilines is 1. The largest absolute Gasteiger partial charge is 0.468 e. The molecular weight excluding hydrogens is 416 g/mol. The first-order valence-electron chi connectivity index (χ1n) is 9.72. The molecule has 0 radical (unpaired) electrons. The highest BCUT2D eigenvalue weighted by Crippen LogP contribution is 2.27. The van der Waals surface area contributed by atoms with Gasteiger partial charge in [0.15, 0.2) is 0 Å². The maximum atomic E-state index is 12.5. The van der Waals surface area contributed by atoms with E-state index in [1.165, 1.54) is 18.4 Å². The molecule has 7 nitrogen and oxygen atoms in total. The Kier molecular flexibility index (Phi) is 5.67. The van der Waals surface area contributed by atoms with Gasteiger partial charge in [0.1, 0.15) is 11.3 Å². The van der Waals surface area contributed by atoms with Gasteiger partial charge in [-0.3, -0.25) is 4.79 Å². The highest BCUT2D eigenvalue weighted by Gasteiger charge is 2.16. The normalized spacial score (nSPS) is 11.7. The topological polar surface area (TPSA) is 102 Å². The summed E-state index contributed by atoms with van der Waals surface area (Å²) in [5.74, 6) is 0.303. The van der Waals surface area contributed by atoms with Crippen LogP contribution in [-0.2, 0) is 27.8 Å². The number of amides is 1. The molecule has 2 aromatic carbocycles. The van der Waals surface area contributed by atoms with Gasteiger partial charge in [-0.25, -0.2) is 13.1 Å². The van der Waals surface area contributed by atoms with Crippen LogP contribution in [0.2, 0.25) is 0 Å². The Labute approximate surface area is 180 Å². The number of hydrogen-bond acceptors (Lipinski definition) is 5. The van der Waals surface area contributed by atoms with Gasteiger partial charge in [-0.1, -0.05) is 12.1 Å². The lowest BCUT2D eigenvalue weighted by Gasteiger charge is -2.08. The number of rotatable bonds is 7. The average molecular weight is 439 g/mol. The number of sulfonamides is 1. The Morgan fingerprint density at radius 3 is 2.48 bits per heavy atom. The van der Waals surface area contributed by atoms with Gasteiger partial charge in [0.25, 0.3) is 0 Å². The molecule has 31 heavy (non-hydrogen) atoms. The fourth-order valence-electron chi connectivity index (χ4n) is 3.28. The molecule has 0 aliphatic carbocycles. The molecule has 8 heteroatoms. The van der Waals surface area contributed by atoms with Crippen molar-refractivity contribution in [2.45, 2.75) is 31.7 Å². The van der Waals surface area contributed by atoms with Crippen LogP contribution in [0.1, 0.15) is 22.5 Å². The van der Waals surface area contributed by atoms with Crippen molar-refractivity contribution in [3.05, 3.63) is 83.5 Å². The molecule has 2 heterocycles. The van der Waals surface area contributed by atoms with E-state index in [1.54, 1.807) is 30.5 Å². The van der Waals surface area contributed by atoms with Crippen LogP contribution in [0.5, 0.6) is 0 Å². The molecule has 4 aromatic rings. The van der Waals surface area contributed by atoms with E-state index in [1.807, 2.05) is 26.0 Å². The van der Waals surface area contributed by atoms with Gasteiger partial charge in [0.05, 0.1) is 30.4 Å². The summed E-state index contributed by atoms with van der Waals surface area (Å²) in [7, 11) is -3.69. The zero-order valence-electron chi connectivity index (χ0n) is 17.1. The molecule has 0 saturated carbocycles. The molecule has 0 bridgehead atoms. The molecule has 0 saturated heterocycles. The highest BCUT2D eigenvalue weighted by molar-refractivity contribution is 7.89. The molecule has 160 valence electrons. The van der Waals surface area contributed by atoms with E-state index >= 15 is 0 Å². The van der Waals surface area contributed by atoms with Crippen LogP contribution in [0.4, 0.5) is 5.69 Å². The van der Waals surface area contributed by atoms with Crippen LogP contribution < -0.4 is 10.0 Å². The number of carbonyl (C=O) groups is 1. The summed E-state index contributed by atoms with van der Waals surface area (Å²) >= 11 is 0. The fourth-order valence-corrected chi connectivity index (χ4v) is 4.28. The Bertz CT molecular complexity index is 1320. The third-order valence-electron chi connectivity index (χ3n) is 5.16. The molecule has 2 aromatic heterocycles. The highest BCUT2D eigenvalue weighted by atomic mass is 32.2. The first kappa shape index (κ1) is 20.9. The van der Waals surface area contributed by atoms with Gasteiger partial charge >= 0.3 is 0 Å². The number of carbonyl (C=O) groups excluding carboxylic acids is 1. The Hall–Kier alpha value is -3.36. The minimum Gasteiger partial charge on any atom is -0.468 e. The molecule has 0 fully saturated rings. The first-order chi connectivity index (χ1) is 14.8. The van der Waals surface area contributed by atoms with Crippen LogP contribution >= 0.6 is 0 Å². The van der Waals surface area contributed by atoms with Gasteiger partial charge in [0, 0.05) is 16.6 Å². The number of hydrogen-bond donors (Lipinski definition) is 2. The Balaban J connectivity index is 1.41. The van der Waals surface area contributed by atoms with Crippen molar-refractivity contribution in [2.24, 2.45) is 0 Å². The lowest BCUT2D eigenvalue weighted by Crippen LogP contribution is -2.23. The third kappa shape index (κ3) is 4.55. The van der Waals surface area contributed by atoms with E-state index in [0.29, 0.717) is 11.4 Å². The predicted molar refractivity (Wildman–Crippen MR) is 117 cm³/mol. The number of fused-ring (bicyclic) bond motifs is 1. The lowest BCUT2D eigenvalue weighted by molar-refractivity contribution is -0.115. The molecule has 0 aliphatic rings. The van der Waals surface area contributed by atoms with E-state index in [9.17, 15) is 13.2 Å². The molecule has 0 unspecified atom stereocenters. The van der Waals surface area contributed by atoms with Crippen LogP contribution in [-0.4, -0.2) is 14.3 Å². The average Bonchev–Trinajstić information content (AvgIpc) is 3.40. The van der Waals surface area contributed by atoms with Crippen molar-refractivity contribution in [3.63, 3.8) is 0 Å². The summed E-state index contributed by atoms with van der Waals surface area (Å²) in [4.78, 5) is 12.6. The Morgan fingerprint density at radius 1 is 1.00 bits per heavy atom. The number of nitrogens with one attached hydrogen (secondary N) is 2. The minimum atomic E-state index is -3.69. The monoisotopic (exact) mass is 438 g/mol. The molecule has 0 atom stereocenters. The van der Waals surface area contributed by atoms with Crippen LogP contribution in [0.15, 0.2) is 74.8 Å². The summed E-state index contributed by atoms with van der Waals surface area (Å²) < 4.78 is 38.1. The number of aryl methyl sites for hydroxylation is 2. The van der Waals surface area contributed by atoms with E-state index in [0.717, 1.165) is 27.7 Å².